The number of aromatic nitrogens is 4. The van der Waals surface area contributed by atoms with Gasteiger partial charge in [0.05, 0.1) is 24.6 Å². The molecule has 0 aliphatic carbocycles. The van der Waals surface area contributed by atoms with Crippen LogP contribution in [0.25, 0.3) is 11.3 Å². The van der Waals surface area contributed by atoms with Crippen molar-refractivity contribution < 1.29 is 9.13 Å². The average molecular weight is 367 g/mol. The zero-order valence-electron chi connectivity index (χ0n) is 15.3. The summed E-state index contributed by atoms with van der Waals surface area (Å²) in [6.07, 6.45) is 6.85. The fourth-order valence-electron chi connectivity index (χ4n) is 4.23. The van der Waals surface area contributed by atoms with E-state index in [1.54, 1.807) is 0 Å². The van der Waals surface area contributed by atoms with Crippen LogP contribution in [0.4, 0.5) is 4.39 Å². The highest BCUT2D eigenvalue weighted by atomic mass is 19.1. The molecule has 0 radical (unpaired) electrons. The van der Waals surface area contributed by atoms with E-state index in [0.29, 0.717) is 6.61 Å². The Kier molecular flexibility index (Phi) is 3.87. The summed E-state index contributed by atoms with van der Waals surface area (Å²) in [6, 6.07) is 6.61. The summed E-state index contributed by atoms with van der Waals surface area (Å²) < 4.78 is 23.6. The number of fused-ring (bicyclic) bond motifs is 1. The number of imidazole rings is 1. The van der Waals surface area contributed by atoms with Gasteiger partial charge in [-0.2, -0.15) is 5.10 Å². The first-order valence-corrected chi connectivity index (χ1v) is 9.24. The van der Waals surface area contributed by atoms with E-state index >= 15 is 0 Å². The van der Waals surface area contributed by atoms with Gasteiger partial charge in [0.2, 0.25) is 0 Å². The molecule has 1 fully saturated rings. The van der Waals surface area contributed by atoms with E-state index in [1.165, 1.54) is 17.7 Å². The standard InChI is InChI=1S/C20H22FN5O/c1-24-10-15(8-23-24)11-25-7-6-20(13-25)14-26-18(9-22-19(26)12-27-20)16-2-4-17(21)5-3-16/h2-5,8-10H,6-7,11-14H2,1H3. The molecule has 0 amide bonds. The van der Waals surface area contributed by atoms with E-state index in [1.807, 2.05) is 36.3 Å². The highest BCUT2D eigenvalue weighted by molar-refractivity contribution is 5.59. The van der Waals surface area contributed by atoms with Gasteiger partial charge in [-0.05, 0) is 36.2 Å². The first-order chi connectivity index (χ1) is 13.1. The van der Waals surface area contributed by atoms with Crippen LogP contribution in [-0.4, -0.2) is 42.9 Å². The number of rotatable bonds is 3. The molecule has 140 valence electrons. The molecule has 1 unspecified atom stereocenters. The fourth-order valence-corrected chi connectivity index (χ4v) is 4.23. The van der Waals surface area contributed by atoms with E-state index in [0.717, 1.165) is 49.7 Å². The van der Waals surface area contributed by atoms with E-state index < -0.39 is 0 Å². The van der Waals surface area contributed by atoms with E-state index in [9.17, 15) is 4.39 Å². The molecule has 1 saturated heterocycles. The Labute approximate surface area is 157 Å². The maximum absolute atomic E-state index is 13.3. The summed E-state index contributed by atoms with van der Waals surface area (Å²) >= 11 is 0. The molecule has 1 aromatic carbocycles. The number of hydrogen-bond donors (Lipinski definition) is 0. The lowest BCUT2D eigenvalue weighted by molar-refractivity contribution is -0.0821. The predicted molar refractivity (Wildman–Crippen MR) is 98.2 cm³/mol. The van der Waals surface area contributed by atoms with Crippen LogP contribution >= 0.6 is 0 Å². The zero-order chi connectivity index (χ0) is 18.4. The SMILES string of the molecule is Cn1cc(CN2CCC3(C2)Cn2c(-c4ccc(F)cc4)cnc2CO3)cn1. The third-order valence-corrected chi connectivity index (χ3v) is 5.59. The largest absolute Gasteiger partial charge is 0.364 e. The highest BCUT2D eigenvalue weighted by Gasteiger charge is 2.43. The van der Waals surface area contributed by atoms with Gasteiger partial charge in [-0.3, -0.25) is 9.58 Å². The minimum atomic E-state index is -0.223. The maximum Gasteiger partial charge on any atom is 0.135 e. The summed E-state index contributed by atoms with van der Waals surface area (Å²) in [6.45, 7) is 4.08. The second kappa shape index (κ2) is 6.28. The Balaban J connectivity index is 1.36. The van der Waals surface area contributed by atoms with Crippen molar-refractivity contribution in [1.29, 1.82) is 0 Å². The number of likely N-dealkylation sites (tertiary alicyclic amines) is 1. The molecular formula is C20H22FN5O. The van der Waals surface area contributed by atoms with Crippen LogP contribution in [0.15, 0.2) is 42.9 Å². The van der Waals surface area contributed by atoms with Crippen molar-refractivity contribution in [3.05, 3.63) is 60.1 Å². The van der Waals surface area contributed by atoms with Gasteiger partial charge in [0.1, 0.15) is 23.8 Å². The molecule has 3 aromatic rings. The third kappa shape index (κ3) is 3.07. The molecule has 1 spiro atoms. The summed E-state index contributed by atoms with van der Waals surface area (Å²) in [5.41, 5.74) is 3.04. The van der Waals surface area contributed by atoms with Crippen molar-refractivity contribution in [2.75, 3.05) is 13.1 Å². The van der Waals surface area contributed by atoms with Crippen LogP contribution in [0.5, 0.6) is 0 Å². The molecular weight excluding hydrogens is 345 g/mol. The van der Waals surface area contributed by atoms with Crippen LogP contribution in [0.2, 0.25) is 0 Å². The highest BCUT2D eigenvalue weighted by Crippen LogP contribution is 2.35. The maximum atomic E-state index is 13.3. The normalized spacial score (nSPS) is 22.4. The van der Waals surface area contributed by atoms with Gasteiger partial charge < -0.3 is 9.30 Å². The van der Waals surface area contributed by atoms with Crippen LogP contribution in [0.1, 0.15) is 17.8 Å². The Morgan fingerprint density at radius 2 is 2.04 bits per heavy atom. The van der Waals surface area contributed by atoms with Crippen molar-refractivity contribution in [2.24, 2.45) is 7.05 Å². The lowest BCUT2D eigenvalue weighted by atomic mass is 10.0. The van der Waals surface area contributed by atoms with Gasteiger partial charge in [0.25, 0.3) is 0 Å². The van der Waals surface area contributed by atoms with Gasteiger partial charge in [0, 0.05) is 38.4 Å². The third-order valence-electron chi connectivity index (χ3n) is 5.59. The van der Waals surface area contributed by atoms with Crippen molar-refractivity contribution >= 4 is 0 Å². The molecule has 2 aromatic heterocycles. The van der Waals surface area contributed by atoms with Gasteiger partial charge in [-0.1, -0.05) is 0 Å². The van der Waals surface area contributed by atoms with Crippen LogP contribution in [0, 0.1) is 5.82 Å². The first kappa shape index (κ1) is 16.6. The molecule has 0 bridgehead atoms. The molecule has 27 heavy (non-hydrogen) atoms. The smallest absolute Gasteiger partial charge is 0.135 e. The molecule has 1 atom stereocenters. The van der Waals surface area contributed by atoms with Crippen molar-refractivity contribution in [1.82, 2.24) is 24.2 Å². The van der Waals surface area contributed by atoms with Crippen molar-refractivity contribution in [2.45, 2.75) is 31.7 Å². The number of halogens is 1. The molecule has 2 aliphatic rings. The van der Waals surface area contributed by atoms with Gasteiger partial charge in [-0.15, -0.1) is 0 Å². The lowest BCUT2D eigenvalue weighted by Crippen LogP contribution is -2.44. The fraction of sp³-hybridized carbons (Fsp3) is 0.400. The predicted octanol–water partition coefficient (Wildman–Crippen LogP) is 2.60. The van der Waals surface area contributed by atoms with Gasteiger partial charge in [-0.25, -0.2) is 9.37 Å². The van der Waals surface area contributed by atoms with Crippen LogP contribution in [0.3, 0.4) is 0 Å². The Hall–Kier alpha value is -2.51. The first-order valence-electron chi connectivity index (χ1n) is 9.24. The minimum absolute atomic E-state index is 0.190. The van der Waals surface area contributed by atoms with Crippen molar-refractivity contribution in [3.8, 4) is 11.3 Å². The van der Waals surface area contributed by atoms with E-state index in [4.69, 9.17) is 4.74 Å². The van der Waals surface area contributed by atoms with Crippen LogP contribution in [-0.2, 0) is 31.5 Å². The Morgan fingerprint density at radius 3 is 2.81 bits per heavy atom. The molecule has 0 N–H and O–H groups in total. The summed E-state index contributed by atoms with van der Waals surface area (Å²) in [7, 11) is 1.94. The quantitative estimate of drug-likeness (QED) is 0.714. The summed E-state index contributed by atoms with van der Waals surface area (Å²) in [4.78, 5) is 6.95. The summed E-state index contributed by atoms with van der Waals surface area (Å²) in [5, 5.41) is 4.26. The second-order valence-corrected chi connectivity index (χ2v) is 7.61. The molecule has 2 aliphatic heterocycles. The molecule has 5 rings (SSSR count). The summed E-state index contributed by atoms with van der Waals surface area (Å²) in [5.74, 6) is 0.712. The Bertz CT molecular complexity index is 963. The number of aryl methyl sites for hydroxylation is 1. The molecule has 6 nitrogen and oxygen atoms in total. The zero-order valence-corrected chi connectivity index (χ0v) is 15.3. The van der Waals surface area contributed by atoms with Gasteiger partial charge in [0.15, 0.2) is 0 Å². The van der Waals surface area contributed by atoms with E-state index in [-0.39, 0.29) is 11.4 Å². The molecule has 0 saturated carbocycles. The number of benzene rings is 1. The number of nitrogens with zero attached hydrogens (tertiary/aromatic N) is 5. The molecule has 4 heterocycles. The average Bonchev–Trinajstić information content (AvgIpc) is 3.36. The lowest BCUT2D eigenvalue weighted by Gasteiger charge is -2.35. The van der Waals surface area contributed by atoms with Crippen LogP contribution < -0.4 is 0 Å². The molecule has 7 heteroatoms. The monoisotopic (exact) mass is 367 g/mol. The van der Waals surface area contributed by atoms with Crippen molar-refractivity contribution in [3.63, 3.8) is 0 Å². The Morgan fingerprint density at radius 1 is 1.19 bits per heavy atom. The van der Waals surface area contributed by atoms with Gasteiger partial charge >= 0.3 is 0 Å². The topological polar surface area (TPSA) is 48.1 Å². The number of ether oxygens (including phenoxy) is 1. The van der Waals surface area contributed by atoms with E-state index in [2.05, 4.69) is 25.7 Å². The number of hydrogen-bond acceptors (Lipinski definition) is 4. The minimum Gasteiger partial charge on any atom is -0.364 e. The second-order valence-electron chi connectivity index (χ2n) is 7.61.